The van der Waals surface area contributed by atoms with Gasteiger partial charge in [0, 0.05) is 31.1 Å². The molecule has 0 radical (unpaired) electrons. The van der Waals surface area contributed by atoms with Crippen LogP contribution < -0.4 is 4.90 Å². The van der Waals surface area contributed by atoms with Crippen LogP contribution in [0.2, 0.25) is 0 Å². The molecule has 6 heteroatoms. The zero-order chi connectivity index (χ0) is 14.9. The molecule has 2 aliphatic heterocycles. The number of rotatable bonds is 2. The molecule has 0 saturated carbocycles. The van der Waals surface area contributed by atoms with Crippen molar-refractivity contribution in [1.29, 1.82) is 0 Å². The van der Waals surface area contributed by atoms with E-state index in [9.17, 15) is 4.79 Å². The number of anilines is 1. The standard InChI is InChI=1S/C16H18N4OS/c21-16(19-5-1-2-6-19)13-9-17-10-15(18-13)20-7-3-14-12(11-20)4-8-22-14/h4,8-10H,1-3,5-7,11H2. The van der Waals surface area contributed by atoms with E-state index in [1.807, 2.05) is 16.2 Å². The Hall–Kier alpha value is -1.95. The van der Waals surface area contributed by atoms with Crippen molar-refractivity contribution in [3.8, 4) is 0 Å². The van der Waals surface area contributed by atoms with E-state index in [2.05, 4.69) is 26.3 Å². The summed E-state index contributed by atoms with van der Waals surface area (Å²) in [6.45, 7) is 3.47. The van der Waals surface area contributed by atoms with Gasteiger partial charge < -0.3 is 9.80 Å². The second kappa shape index (κ2) is 5.68. The first-order valence-corrected chi connectivity index (χ1v) is 8.61. The summed E-state index contributed by atoms with van der Waals surface area (Å²) in [6.07, 6.45) is 6.57. The maximum absolute atomic E-state index is 12.4. The highest BCUT2D eigenvalue weighted by Gasteiger charge is 2.23. The lowest BCUT2D eigenvalue weighted by Crippen LogP contribution is -2.32. The first-order chi connectivity index (χ1) is 10.8. The molecule has 2 aromatic heterocycles. The SMILES string of the molecule is O=C(c1cncc(N2CCc3sccc3C2)n1)N1CCCC1. The van der Waals surface area contributed by atoms with Gasteiger partial charge >= 0.3 is 0 Å². The molecule has 2 aliphatic rings. The Kier molecular flexibility index (Phi) is 3.54. The minimum atomic E-state index is 0.0140. The molecule has 114 valence electrons. The predicted molar refractivity (Wildman–Crippen MR) is 86.2 cm³/mol. The fourth-order valence-corrected chi connectivity index (χ4v) is 4.03. The van der Waals surface area contributed by atoms with Gasteiger partial charge in [0.2, 0.25) is 0 Å². The van der Waals surface area contributed by atoms with Crippen LogP contribution in [0.4, 0.5) is 5.82 Å². The van der Waals surface area contributed by atoms with Gasteiger partial charge in [0.05, 0.1) is 12.4 Å². The van der Waals surface area contributed by atoms with Gasteiger partial charge in [-0.15, -0.1) is 11.3 Å². The van der Waals surface area contributed by atoms with Crippen LogP contribution in [0, 0.1) is 0 Å². The number of likely N-dealkylation sites (tertiary alicyclic amines) is 1. The molecule has 22 heavy (non-hydrogen) atoms. The summed E-state index contributed by atoms with van der Waals surface area (Å²) >= 11 is 1.82. The molecule has 0 bridgehead atoms. The number of fused-ring (bicyclic) bond motifs is 1. The van der Waals surface area contributed by atoms with E-state index in [-0.39, 0.29) is 5.91 Å². The van der Waals surface area contributed by atoms with E-state index in [4.69, 9.17) is 0 Å². The number of hydrogen-bond donors (Lipinski definition) is 0. The van der Waals surface area contributed by atoms with Gasteiger partial charge in [-0.25, -0.2) is 4.98 Å². The van der Waals surface area contributed by atoms with Crippen LogP contribution in [-0.4, -0.2) is 40.4 Å². The zero-order valence-electron chi connectivity index (χ0n) is 12.4. The summed E-state index contributed by atoms with van der Waals surface area (Å²) < 4.78 is 0. The molecular weight excluding hydrogens is 296 g/mol. The molecule has 5 nitrogen and oxygen atoms in total. The van der Waals surface area contributed by atoms with Crippen LogP contribution in [0.25, 0.3) is 0 Å². The normalized spacial score (nSPS) is 17.6. The monoisotopic (exact) mass is 314 g/mol. The molecule has 0 N–H and O–H groups in total. The molecule has 1 amide bonds. The largest absolute Gasteiger partial charge is 0.351 e. The van der Waals surface area contributed by atoms with E-state index < -0.39 is 0 Å². The number of nitrogens with zero attached hydrogens (tertiary/aromatic N) is 4. The average Bonchev–Trinajstić information content (AvgIpc) is 3.25. The molecule has 4 rings (SSSR count). The van der Waals surface area contributed by atoms with Crippen molar-refractivity contribution in [2.45, 2.75) is 25.8 Å². The van der Waals surface area contributed by atoms with Crippen LogP contribution >= 0.6 is 11.3 Å². The lowest BCUT2D eigenvalue weighted by molar-refractivity contribution is 0.0786. The van der Waals surface area contributed by atoms with Crippen molar-refractivity contribution in [3.63, 3.8) is 0 Å². The van der Waals surface area contributed by atoms with E-state index in [0.717, 1.165) is 51.3 Å². The number of amides is 1. The molecule has 0 aliphatic carbocycles. The van der Waals surface area contributed by atoms with Crippen LogP contribution in [-0.2, 0) is 13.0 Å². The topological polar surface area (TPSA) is 49.3 Å². The Bertz CT molecular complexity index is 693. The molecule has 1 fully saturated rings. The fraction of sp³-hybridized carbons (Fsp3) is 0.438. The van der Waals surface area contributed by atoms with Gasteiger partial charge in [0.15, 0.2) is 0 Å². The molecule has 0 aromatic carbocycles. The molecule has 4 heterocycles. The summed E-state index contributed by atoms with van der Waals surface area (Å²) in [6, 6.07) is 2.18. The maximum atomic E-state index is 12.4. The van der Waals surface area contributed by atoms with Crippen molar-refractivity contribution in [2.24, 2.45) is 0 Å². The lowest BCUT2D eigenvalue weighted by atomic mass is 10.1. The van der Waals surface area contributed by atoms with Crippen LogP contribution in [0.3, 0.4) is 0 Å². The Labute approximate surface area is 133 Å². The highest BCUT2D eigenvalue weighted by molar-refractivity contribution is 7.10. The molecule has 0 unspecified atom stereocenters. The first kappa shape index (κ1) is 13.7. The minimum Gasteiger partial charge on any atom is -0.351 e. The van der Waals surface area contributed by atoms with Crippen molar-refractivity contribution >= 4 is 23.1 Å². The second-order valence-corrected chi connectivity index (χ2v) is 6.80. The average molecular weight is 314 g/mol. The van der Waals surface area contributed by atoms with Crippen LogP contribution in [0.15, 0.2) is 23.8 Å². The first-order valence-electron chi connectivity index (χ1n) is 7.73. The summed E-state index contributed by atoms with van der Waals surface area (Å²) in [5.41, 5.74) is 1.84. The number of hydrogen-bond acceptors (Lipinski definition) is 5. The fourth-order valence-electron chi connectivity index (χ4n) is 3.14. The van der Waals surface area contributed by atoms with Gasteiger partial charge in [0.1, 0.15) is 11.5 Å². The van der Waals surface area contributed by atoms with Crippen LogP contribution in [0.5, 0.6) is 0 Å². The number of thiophene rings is 1. The summed E-state index contributed by atoms with van der Waals surface area (Å²) in [7, 11) is 0. The highest BCUT2D eigenvalue weighted by Crippen LogP contribution is 2.26. The van der Waals surface area contributed by atoms with Gasteiger partial charge in [-0.3, -0.25) is 9.78 Å². The van der Waals surface area contributed by atoms with E-state index in [1.54, 1.807) is 12.4 Å². The van der Waals surface area contributed by atoms with Gasteiger partial charge in [-0.1, -0.05) is 0 Å². The minimum absolute atomic E-state index is 0.0140. The third kappa shape index (κ3) is 2.47. The Morgan fingerprint density at radius 1 is 1.18 bits per heavy atom. The molecule has 1 saturated heterocycles. The third-order valence-corrected chi connectivity index (χ3v) is 5.39. The van der Waals surface area contributed by atoms with E-state index >= 15 is 0 Å². The number of carbonyl (C=O) groups excluding carboxylic acids is 1. The lowest BCUT2D eigenvalue weighted by Gasteiger charge is -2.28. The highest BCUT2D eigenvalue weighted by atomic mass is 32.1. The Morgan fingerprint density at radius 2 is 2.05 bits per heavy atom. The van der Waals surface area contributed by atoms with Crippen LogP contribution in [0.1, 0.15) is 33.8 Å². The van der Waals surface area contributed by atoms with E-state index in [0.29, 0.717) is 5.69 Å². The third-order valence-electron chi connectivity index (χ3n) is 4.37. The van der Waals surface area contributed by atoms with Crippen molar-refractivity contribution in [1.82, 2.24) is 14.9 Å². The van der Waals surface area contributed by atoms with Crippen molar-refractivity contribution in [3.05, 3.63) is 40.0 Å². The van der Waals surface area contributed by atoms with Gasteiger partial charge in [0.25, 0.3) is 5.91 Å². The zero-order valence-corrected chi connectivity index (χ0v) is 13.2. The smallest absolute Gasteiger partial charge is 0.274 e. The van der Waals surface area contributed by atoms with Gasteiger partial charge in [-0.05, 0) is 36.3 Å². The molecule has 0 atom stereocenters. The number of carbonyl (C=O) groups is 1. The molecular formula is C16H18N4OS. The maximum Gasteiger partial charge on any atom is 0.274 e. The molecule has 2 aromatic rings. The second-order valence-electron chi connectivity index (χ2n) is 5.80. The van der Waals surface area contributed by atoms with E-state index in [1.165, 1.54) is 10.4 Å². The Balaban J connectivity index is 1.56. The Morgan fingerprint density at radius 3 is 2.91 bits per heavy atom. The molecule has 0 spiro atoms. The van der Waals surface area contributed by atoms with Crippen molar-refractivity contribution in [2.75, 3.05) is 24.5 Å². The summed E-state index contributed by atoms with van der Waals surface area (Å²) in [5.74, 6) is 0.821. The number of aromatic nitrogens is 2. The van der Waals surface area contributed by atoms with Crippen molar-refractivity contribution < 1.29 is 4.79 Å². The van der Waals surface area contributed by atoms with Gasteiger partial charge in [-0.2, -0.15) is 0 Å². The summed E-state index contributed by atoms with van der Waals surface area (Å²) in [5, 5.41) is 2.15. The quantitative estimate of drug-likeness (QED) is 0.854. The summed E-state index contributed by atoms with van der Waals surface area (Å²) in [4.78, 5) is 26.8. The predicted octanol–water partition coefficient (Wildman–Crippen LogP) is 2.34.